The van der Waals surface area contributed by atoms with Crippen LogP contribution in [0.2, 0.25) is 0 Å². The zero-order valence-electron chi connectivity index (χ0n) is 11.2. The van der Waals surface area contributed by atoms with Gasteiger partial charge in [0.05, 0.1) is 5.92 Å². The SMILES string of the molecule is CN(C)CCc1noc(C2C3CCC(C3)C2N)n1. The molecule has 0 saturated heterocycles. The quantitative estimate of drug-likeness (QED) is 0.864. The molecule has 0 amide bonds. The van der Waals surface area contributed by atoms with Crippen LogP contribution in [0.5, 0.6) is 0 Å². The maximum absolute atomic E-state index is 6.29. The maximum atomic E-state index is 6.29. The Hall–Kier alpha value is -0.940. The van der Waals surface area contributed by atoms with Gasteiger partial charge in [0.15, 0.2) is 5.82 Å². The van der Waals surface area contributed by atoms with Crippen LogP contribution in [0.3, 0.4) is 0 Å². The zero-order valence-corrected chi connectivity index (χ0v) is 11.2. The van der Waals surface area contributed by atoms with Crippen molar-refractivity contribution in [3.63, 3.8) is 0 Å². The summed E-state index contributed by atoms with van der Waals surface area (Å²) in [6.45, 7) is 0.946. The van der Waals surface area contributed by atoms with Crippen LogP contribution in [0.4, 0.5) is 0 Å². The highest BCUT2D eigenvalue weighted by molar-refractivity contribution is 5.11. The Morgan fingerprint density at radius 2 is 2.11 bits per heavy atom. The number of fused-ring (bicyclic) bond motifs is 2. The Balaban J connectivity index is 1.70. The predicted molar refractivity (Wildman–Crippen MR) is 68.1 cm³/mol. The van der Waals surface area contributed by atoms with E-state index in [1.807, 2.05) is 14.1 Å². The lowest BCUT2D eigenvalue weighted by atomic mass is 9.85. The molecule has 2 aliphatic carbocycles. The molecule has 2 saturated carbocycles. The van der Waals surface area contributed by atoms with Gasteiger partial charge in [0.1, 0.15) is 0 Å². The summed E-state index contributed by atoms with van der Waals surface area (Å²) in [6.07, 6.45) is 4.65. The number of aromatic nitrogens is 2. The van der Waals surface area contributed by atoms with Crippen LogP contribution in [0, 0.1) is 11.8 Å². The lowest BCUT2D eigenvalue weighted by Gasteiger charge is -2.24. The Labute approximate surface area is 108 Å². The second-order valence-electron chi connectivity index (χ2n) is 6.04. The maximum Gasteiger partial charge on any atom is 0.231 e. The van der Waals surface area contributed by atoms with E-state index in [-0.39, 0.29) is 6.04 Å². The van der Waals surface area contributed by atoms with E-state index in [9.17, 15) is 0 Å². The summed E-state index contributed by atoms with van der Waals surface area (Å²) < 4.78 is 5.44. The molecule has 0 aromatic carbocycles. The lowest BCUT2D eigenvalue weighted by molar-refractivity contribution is 0.278. The molecule has 18 heavy (non-hydrogen) atoms. The fourth-order valence-corrected chi connectivity index (χ4v) is 3.53. The second kappa shape index (κ2) is 4.63. The van der Waals surface area contributed by atoms with E-state index in [0.717, 1.165) is 24.7 Å². The molecule has 0 spiro atoms. The number of rotatable bonds is 4. The van der Waals surface area contributed by atoms with E-state index in [0.29, 0.717) is 17.8 Å². The molecule has 0 aliphatic heterocycles. The van der Waals surface area contributed by atoms with Gasteiger partial charge < -0.3 is 15.2 Å². The van der Waals surface area contributed by atoms with Crippen LogP contribution in [-0.4, -0.2) is 41.7 Å². The van der Waals surface area contributed by atoms with Crippen LogP contribution in [0.15, 0.2) is 4.52 Å². The molecule has 5 nitrogen and oxygen atoms in total. The third-order valence-corrected chi connectivity index (χ3v) is 4.53. The van der Waals surface area contributed by atoms with E-state index in [4.69, 9.17) is 10.3 Å². The number of nitrogens with zero attached hydrogens (tertiary/aromatic N) is 3. The van der Waals surface area contributed by atoms with Crippen LogP contribution in [0.25, 0.3) is 0 Å². The van der Waals surface area contributed by atoms with Crippen molar-refractivity contribution in [2.45, 2.75) is 37.6 Å². The Morgan fingerprint density at radius 3 is 2.78 bits per heavy atom. The first kappa shape index (κ1) is 12.1. The van der Waals surface area contributed by atoms with Gasteiger partial charge >= 0.3 is 0 Å². The van der Waals surface area contributed by atoms with Crippen molar-refractivity contribution in [1.82, 2.24) is 15.0 Å². The lowest BCUT2D eigenvalue weighted by Crippen LogP contribution is -2.34. The van der Waals surface area contributed by atoms with Crippen molar-refractivity contribution in [2.24, 2.45) is 17.6 Å². The van der Waals surface area contributed by atoms with Crippen molar-refractivity contribution >= 4 is 0 Å². The van der Waals surface area contributed by atoms with E-state index in [2.05, 4.69) is 15.0 Å². The molecule has 5 heteroatoms. The van der Waals surface area contributed by atoms with Gasteiger partial charge in [-0.1, -0.05) is 5.16 Å². The van der Waals surface area contributed by atoms with E-state index < -0.39 is 0 Å². The number of hydrogen-bond donors (Lipinski definition) is 1. The third-order valence-electron chi connectivity index (χ3n) is 4.53. The third kappa shape index (κ3) is 2.06. The molecule has 2 fully saturated rings. The number of hydrogen-bond acceptors (Lipinski definition) is 5. The molecule has 1 aromatic heterocycles. The largest absolute Gasteiger partial charge is 0.339 e. The Kier molecular flexibility index (Phi) is 3.11. The van der Waals surface area contributed by atoms with E-state index in [1.54, 1.807) is 0 Å². The highest BCUT2D eigenvalue weighted by Gasteiger charge is 2.48. The van der Waals surface area contributed by atoms with E-state index >= 15 is 0 Å². The first-order valence-electron chi connectivity index (χ1n) is 6.88. The molecule has 1 heterocycles. The summed E-state index contributed by atoms with van der Waals surface area (Å²) in [5.41, 5.74) is 6.29. The zero-order chi connectivity index (χ0) is 12.7. The molecule has 2 bridgehead atoms. The molecule has 4 unspecified atom stereocenters. The second-order valence-corrected chi connectivity index (χ2v) is 6.04. The fraction of sp³-hybridized carbons (Fsp3) is 0.846. The van der Waals surface area contributed by atoms with Crippen molar-refractivity contribution in [3.05, 3.63) is 11.7 Å². The highest BCUT2D eigenvalue weighted by atomic mass is 16.5. The first-order chi connectivity index (χ1) is 8.65. The standard InChI is InChI=1S/C13H22N4O/c1-17(2)6-5-10-15-13(18-16-10)11-8-3-4-9(7-8)12(11)14/h8-9,11-12H,3-7,14H2,1-2H3. The average Bonchev–Trinajstić information content (AvgIpc) is 3.00. The van der Waals surface area contributed by atoms with Gasteiger partial charge in [-0.15, -0.1) is 0 Å². The van der Waals surface area contributed by atoms with Crippen molar-refractivity contribution in [2.75, 3.05) is 20.6 Å². The van der Waals surface area contributed by atoms with Crippen molar-refractivity contribution in [1.29, 1.82) is 0 Å². The van der Waals surface area contributed by atoms with Gasteiger partial charge in [0.2, 0.25) is 5.89 Å². The van der Waals surface area contributed by atoms with Crippen molar-refractivity contribution < 1.29 is 4.52 Å². The molecule has 4 atom stereocenters. The van der Waals surface area contributed by atoms with Gasteiger partial charge in [0, 0.05) is 19.0 Å². The van der Waals surface area contributed by atoms with Crippen LogP contribution in [-0.2, 0) is 6.42 Å². The molecule has 3 rings (SSSR count). The topological polar surface area (TPSA) is 68.2 Å². The molecule has 2 N–H and O–H groups in total. The van der Waals surface area contributed by atoms with Crippen LogP contribution >= 0.6 is 0 Å². The minimum Gasteiger partial charge on any atom is -0.339 e. The first-order valence-corrected chi connectivity index (χ1v) is 6.88. The molecule has 0 radical (unpaired) electrons. The van der Waals surface area contributed by atoms with Crippen molar-refractivity contribution in [3.8, 4) is 0 Å². The fourth-order valence-electron chi connectivity index (χ4n) is 3.53. The minimum absolute atomic E-state index is 0.228. The minimum atomic E-state index is 0.228. The summed E-state index contributed by atoms with van der Waals surface area (Å²) in [6, 6.07) is 0.228. The van der Waals surface area contributed by atoms with Gasteiger partial charge in [0.25, 0.3) is 0 Å². The van der Waals surface area contributed by atoms with Crippen LogP contribution in [0.1, 0.15) is 36.9 Å². The molecule has 2 aliphatic rings. The van der Waals surface area contributed by atoms with Gasteiger partial charge in [-0.25, -0.2) is 0 Å². The van der Waals surface area contributed by atoms with Gasteiger partial charge in [-0.3, -0.25) is 0 Å². The average molecular weight is 250 g/mol. The molecule has 1 aromatic rings. The Morgan fingerprint density at radius 1 is 1.33 bits per heavy atom. The van der Waals surface area contributed by atoms with Crippen LogP contribution < -0.4 is 5.73 Å². The number of nitrogens with two attached hydrogens (primary N) is 1. The number of likely N-dealkylation sites (N-methyl/N-ethyl adjacent to an activating group) is 1. The summed E-state index contributed by atoms with van der Waals surface area (Å²) in [7, 11) is 4.10. The normalized spacial score (nSPS) is 34.7. The smallest absolute Gasteiger partial charge is 0.231 e. The van der Waals surface area contributed by atoms with E-state index in [1.165, 1.54) is 19.3 Å². The molecular formula is C13H22N4O. The summed E-state index contributed by atoms with van der Waals surface area (Å²) in [5.74, 6) is 3.26. The van der Waals surface area contributed by atoms with Gasteiger partial charge in [-0.2, -0.15) is 4.98 Å². The highest BCUT2D eigenvalue weighted by Crippen LogP contribution is 2.51. The predicted octanol–water partition coefficient (Wildman–Crippen LogP) is 1.01. The summed E-state index contributed by atoms with van der Waals surface area (Å²) in [4.78, 5) is 6.67. The van der Waals surface area contributed by atoms with Gasteiger partial charge in [-0.05, 0) is 45.2 Å². The summed E-state index contributed by atoms with van der Waals surface area (Å²) in [5, 5.41) is 4.08. The summed E-state index contributed by atoms with van der Waals surface area (Å²) >= 11 is 0. The molecule has 100 valence electrons. The molecular weight excluding hydrogens is 228 g/mol. The Bertz CT molecular complexity index is 415. The monoisotopic (exact) mass is 250 g/mol.